The van der Waals surface area contributed by atoms with Crippen molar-refractivity contribution in [2.75, 3.05) is 11.9 Å². The number of pyridine rings is 1. The molecule has 5 aromatic rings. The second-order valence-electron chi connectivity index (χ2n) is 9.37. The Bertz CT molecular complexity index is 1830. The van der Waals surface area contributed by atoms with Gasteiger partial charge in [-0.05, 0) is 88.1 Å². The van der Waals surface area contributed by atoms with Gasteiger partial charge in [-0.2, -0.15) is 0 Å². The summed E-state index contributed by atoms with van der Waals surface area (Å²) in [6, 6.07) is 18.1. The molecular formula is C29H22BrN5O3. The van der Waals surface area contributed by atoms with Gasteiger partial charge in [0, 0.05) is 53.0 Å². The summed E-state index contributed by atoms with van der Waals surface area (Å²) in [6.45, 7) is 1.02. The predicted octanol–water partition coefficient (Wildman–Crippen LogP) is 4.70. The Kier molecular flexibility index (Phi) is 6.00. The smallest absolute Gasteiger partial charge is 0.260 e. The Hall–Kier alpha value is -4.37. The van der Waals surface area contributed by atoms with Crippen molar-refractivity contribution in [3.63, 3.8) is 0 Å². The van der Waals surface area contributed by atoms with E-state index in [1.165, 1.54) is 10.9 Å². The number of hydrogen-bond donors (Lipinski definition) is 1. The molecule has 2 amide bonds. The Morgan fingerprint density at radius 2 is 1.74 bits per heavy atom. The molecule has 0 saturated carbocycles. The zero-order chi connectivity index (χ0) is 26.4. The summed E-state index contributed by atoms with van der Waals surface area (Å²) in [5.41, 5.74) is 4.88. The van der Waals surface area contributed by atoms with Crippen LogP contribution in [0.3, 0.4) is 0 Å². The van der Waals surface area contributed by atoms with E-state index in [0.717, 1.165) is 26.5 Å². The zero-order valence-corrected chi connectivity index (χ0v) is 22.0. The molecular weight excluding hydrogens is 546 g/mol. The lowest BCUT2D eigenvalue weighted by Gasteiger charge is -2.29. The molecule has 3 aromatic carbocycles. The number of halogens is 1. The van der Waals surface area contributed by atoms with Crippen LogP contribution in [-0.4, -0.2) is 37.8 Å². The van der Waals surface area contributed by atoms with Crippen molar-refractivity contribution in [3.05, 3.63) is 110 Å². The Balaban J connectivity index is 1.22. The molecule has 0 bridgehead atoms. The maximum atomic E-state index is 13.3. The maximum Gasteiger partial charge on any atom is 0.260 e. The van der Waals surface area contributed by atoms with E-state index in [1.54, 1.807) is 43.6 Å². The molecule has 0 aliphatic carbocycles. The highest BCUT2D eigenvalue weighted by Crippen LogP contribution is 2.25. The molecule has 9 heteroatoms. The van der Waals surface area contributed by atoms with Crippen LogP contribution in [0.25, 0.3) is 21.8 Å². The summed E-state index contributed by atoms with van der Waals surface area (Å²) < 4.78 is 2.26. The summed E-state index contributed by atoms with van der Waals surface area (Å²) >= 11 is 3.44. The number of amides is 2. The van der Waals surface area contributed by atoms with E-state index >= 15 is 0 Å². The van der Waals surface area contributed by atoms with Crippen molar-refractivity contribution in [1.82, 2.24) is 19.4 Å². The highest BCUT2D eigenvalue weighted by molar-refractivity contribution is 9.10. The Morgan fingerprint density at radius 1 is 0.921 bits per heavy atom. The standard InChI is InChI=1S/C29H22BrN5O3/c1-34-16-32-26-7-5-23(13-24(26)29(34)38)33-27(36)18-3-2-17-8-9-35(15-21(17)10-18)28(37)19-4-6-25-20(11-19)12-22(30)14-31-25/h2-7,10-14,16H,8-9,15H2,1H3,(H,33,36). The average Bonchev–Trinajstić information content (AvgIpc) is 2.93. The van der Waals surface area contributed by atoms with Crippen molar-refractivity contribution in [2.45, 2.75) is 13.0 Å². The first-order valence-electron chi connectivity index (χ1n) is 12.1. The van der Waals surface area contributed by atoms with Gasteiger partial charge in [0.1, 0.15) is 0 Å². The third-order valence-corrected chi connectivity index (χ3v) is 7.27. The molecule has 0 radical (unpaired) electrons. The molecule has 1 aliphatic rings. The number of nitrogens with zero attached hydrogens (tertiary/aromatic N) is 4. The van der Waals surface area contributed by atoms with Gasteiger partial charge >= 0.3 is 0 Å². The predicted molar refractivity (Wildman–Crippen MR) is 149 cm³/mol. The molecule has 6 rings (SSSR count). The Labute approximate surface area is 226 Å². The monoisotopic (exact) mass is 567 g/mol. The molecule has 0 spiro atoms. The van der Waals surface area contributed by atoms with Crippen molar-refractivity contribution in [1.29, 1.82) is 0 Å². The van der Waals surface area contributed by atoms with E-state index in [0.29, 0.717) is 47.2 Å². The summed E-state index contributed by atoms with van der Waals surface area (Å²) in [7, 11) is 1.64. The molecule has 0 unspecified atom stereocenters. The second-order valence-corrected chi connectivity index (χ2v) is 10.3. The number of hydrogen-bond acceptors (Lipinski definition) is 5. The van der Waals surface area contributed by atoms with Crippen LogP contribution in [0.1, 0.15) is 31.8 Å². The molecule has 1 aliphatic heterocycles. The first-order chi connectivity index (χ1) is 18.4. The number of rotatable bonds is 3. The third-order valence-electron chi connectivity index (χ3n) is 6.84. The van der Waals surface area contributed by atoms with Gasteiger partial charge < -0.3 is 14.8 Å². The van der Waals surface area contributed by atoms with Crippen LogP contribution in [0.2, 0.25) is 0 Å². The van der Waals surface area contributed by atoms with Gasteiger partial charge in [0.25, 0.3) is 17.4 Å². The lowest BCUT2D eigenvalue weighted by molar-refractivity contribution is 0.0735. The highest BCUT2D eigenvalue weighted by atomic mass is 79.9. The average molecular weight is 568 g/mol. The third kappa shape index (κ3) is 4.45. The van der Waals surface area contributed by atoms with E-state index in [9.17, 15) is 14.4 Å². The number of anilines is 1. The first-order valence-corrected chi connectivity index (χ1v) is 12.9. The van der Waals surface area contributed by atoms with Crippen LogP contribution in [-0.2, 0) is 20.0 Å². The fraction of sp³-hybridized carbons (Fsp3) is 0.138. The fourth-order valence-corrected chi connectivity index (χ4v) is 5.13. The summed E-state index contributed by atoms with van der Waals surface area (Å²) in [5, 5.41) is 4.21. The molecule has 188 valence electrons. The van der Waals surface area contributed by atoms with E-state index in [4.69, 9.17) is 0 Å². The second kappa shape index (κ2) is 9.50. The molecule has 2 aromatic heterocycles. The topological polar surface area (TPSA) is 97.2 Å². The number of aryl methyl sites for hydroxylation is 1. The van der Waals surface area contributed by atoms with E-state index in [2.05, 4.69) is 31.2 Å². The quantitative estimate of drug-likeness (QED) is 0.341. The number of fused-ring (bicyclic) bond motifs is 3. The van der Waals surface area contributed by atoms with Gasteiger partial charge in [0.15, 0.2) is 0 Å². The molecule has 1 N–H and O–H groups in total. The van der Waals surface area contributed by atoms with Crippen molar-refractivity contribution in [2.24, 2.45) is 7.05 Å². The number of benzene rings is 3. The van der Waals surface area contributed by atoms with E-state index in [1.807, 2.05) is 35.2 Å². The van der Waals surface area contributed by atoms with Gasteiger partial charge in [0.05, 0.1) is 22.7 Å². The molecule has 3 heterocycles. The number of carbonyl (C=O) groups excluding carboxylic acids is 2. The summed E-state index contributed by atoms with van der Waals surface area (Å²) in [4.78, 5) is 49.3. The van der Waals surface area contributed by atoms with Crippen LogP contribution in [0.4, 0.5) is 5.69 Å². The van der Waals surface area contributed by atoms with Crippen LogP contribution < -0.4 is 10.9 Å². The van der Waals surface area contributed by atoms with Gasteiger partial charge in [0.2, 0.25) is 0 Å². The van der Waals surface area contributed by atoms with E-state index in [-0.39, 0.29) is 17.4 Å². The minimum atomic E-state index is -0.288. The SMILES string of the molecule is Cn1cnc2ccc(NC(=O)c3ccc4c(c3)CN(C(=O)c3ccc5ncc(Br)cc5c3)CC4)cc2c1=O. The van der Waals surface area contributed by atoms with Crippen molar-refractivity contribution < 1.29 is 9.59 Å². The number of nitrogens with one attached hydrogen (secondary N) is 1. The molecule has 38 heavy (non-hydrogen) atoms. The number of aromatic nitrogens is 3. The Morgan fingerprint density at radius 3 is 2.61 bits per heavy atom. The molecule has 0 atom stereocenters. The van der Waals surface area contributed by atoms with Gasteiger partial charge in [-0.15, -0.1) is 0 Å². The molecule has 8 nitrogen and oxygen atoms in total. The van der Waals surface area contributed by atoms with Crippen LogP contribution in [0, 0.1) is 0 Å². The highest BCUT2D eigenvalue weighted by Gasteiger charge is 2.23. The zero-order valence-electron chi connectivity index (χ0n) is 20.4. The minimum absolute atomic E-state index is 0.0567. The normalized spacial score (nSPS) is 12.9. The van der Waals surface area contributed by atoms with Gasteiger partial charge in [-0.3, -0.25) is 19.4 Å². The van der Waals surface area contributed by atoms with Crippen LogP contribution in [0.15, 0.2) is 82.5 Å². The lowest BCUT2D eigenvalue weighted by atomic mass is 9.96. The van der Waals surface area contributed by atoms with Crippen LogP contribution in [0.5, 0.6) is 0 Å². The van der Waals surface area contributed by atoms with Gasteiger partial charge in [-0.25, -0.2) is 4.98 Å². The lowest BCUT2D eigenvalue weighted by Crippen LogP contribution is -2.36. The van der Waals surface area contributed by atoms with Crippen molar-refractivity contribution >= 4 is 55.2 Å². The minimum Gasteiger partial charge on any atom is -0.334 e. The van der Waals surface area contributed by atoms with E-state index < -0.39 is 0 Å². The number of carbonyl (C=O) groups is 2. The maximum absolute atomic E-state index is 13.3. The summed E-state index contributed by atoms with van der Waals surface area (Å²) in [5.74, 6) is -0.345. The first kappa shape index (κ1) is 24.0. The van der Waals surface area contributed by atoms with Gasteiger partial charge in [-0.1, -0.05) is 6.07 Å². The largest absolute Gasteiger partial charge is 0.334 e. The molecule has 0 fully saturated rings. The summed E-state index contributed by atoms with van der Waals surface area (Å²) in [6.07, 6.45) is 3.92. The van der Waals surface area contributed by atoms with Crippen LogP contribution >= 0.6 is 15.9 Å². The molecule has 0 saturated heterocycles. The van der Waals surface area contributed by atoms with Crippen molar-refractivity contribution in [3.8, 4) is 0 Å². The fourth-order valence-electron chi connectivity index (χ4n) is 4.78.